The number of methoxy groups -OCH3 is 1. The molecule has 19 heavy (non-hydrogen) atoms. The molecule has 0 fully saturated rings. The summed E-state index contributed by atoms with van der Waals surface area (Å²) in [5.74, 6) is 1.16. The first-order valence-corrected chi connectivity index (χ1v) is 5.71. The van der Waals surface area contributed by atoms with Crippen molar-refractivity contribution in [3.63, 3.8) is 0 Å². The predicted octanol–water partition coefficient (Wildman–Crippen LogP) is 2.51. The fourth-order valence-corrected chi connectivity index (χ4v) is 2.00. The number of hydrogen-bond donors (Lipinski definition) is 1. The predicted molar refractivity (Wildman–Crippen MR) is 70.6 cm³/mol. The quantitative estimate of drug-likeness (QED) is 0.758. The number of aromatic amines is 1. The summed E-state index contributed by atoms with van der Waals surface area (Å²) in [6.07, 6.45) is 1.55. The average Bonchev–Trinajstić information content (AvgIpc) is 2.89. The molecule has 0 aliphatic rings. The van der Waals surface area contributed by atoms with E-state index in [-0.39, 0.29) is 0 Å². The molecule has 92 valence electrons. The number of rotatable bonds is 2. The van der Waals surface area contributed by atoms with Crippen LogP contribution in [0.1, 0.15) is 5.69 Å². The van der Waals surface area contributed by atoms with Crippen LogP contribution < -0.4 is 4.74 Å². The third-order valence-corrected chi connectivity index (χ3v) is 2.86. The van der Waals surface area contributed by atoms with Crippen molar-refractivity contribution in [2.45, 2.75) is 0 Å². The van der Waals surface area contributed by atoms with Crippen LogP contribution in [0.2, 0.25) is 0 Å². The van der Waals surface area contributed by atoms with Gasteiger partial charge in [0.15, 0.2) is 5.69 Å². The van der Waals surface area contributed by atoms with Crippen LogP contribution in [-0.4, -0.2) is 22.1 Å². The minimum absolute atomic E-state index is 0.290. The zero-order valence-electron chi connectivity index (χ0n) is 10.2. The minimum Gasteiger partial charge on any atom is -0.496 e. The first-order valence-electron chi connectivity index (χ1n) is 5.71. The summed E-state index contributed by atoms with van der Waals surface area (Å²) in [5.41, 5.74) is 2.63. The van der Waals surface area contributed by atoms with E-state index in [0.29, 0.717) is 22.8 Å². The van der Waals surface area contributed by atoms with Gasteiger partial charge < -0.3 is 9.72 Å². The summed E-state index contributed by atoms with van der Waals surface area (Å²) in [5, 5.41) is 9.16. The van der Waals surface area contributed by atoms with Crippen molar-refractivity contribution in [1.29, 1.82) is 5.26 Å². The maximum absolute atomic E-state index is 9.16. The van der Waals surface area contributed by atoms with Gasteiger partial charge in [-0.15, -0.1) is 0 Å². The van der Waals surface area contributed by atoms with Gasteiger partial charge in [-0.3, -0.25) is 0 Å². The van der Waals surface area contributed by atoms with Crippen LogP contribution in [0.5, 0.6) is 5.75 Å². The Morgan fingerprint density at radius 1 is 1.26 bits per heavy atom. The lowest BCUT2D eigenvalue weighted by molar-refractivity contribution is 0.415. The highest BCUT2D eigenvalue weighted by atomic mass is 16.5. The number of pyridine rings is 1. The molecule has 0 atom stereocenters. The molecule has 3 rings (SSSR count). The Bertz CT molecular complexity index is 752. The van der Waals surface area contributed by atoms with Gasteiger partial charge in [0.25, 0.3) is 0 Å². The first kappa shape index (κ1) is 11.2. The number of H-pyrrole nitrogens is 1. The Labute approximate surface area is 109 Å². The number of ether oxygens (including phenoxy) is 1. The molecule has 0 saturated carbocycles. The molecule has 0 aliphatic carbocycles. The van der Waals surface area contributed by atoms with Gasteiger partial charge in [-0.2, -0.15) is 5.26 Å². The zero-order chi connectivity index (χ0) is 13.2. The Morgan fingerprint density at radius 2 is 2.11 bits per heavy atom. The molecule has 0 radical (unpaired) electrons. The highest BCUT2D eigenvalue weighted by Gasteiger charge is 2.16. The summed E-state index contributed by atoms with van der Waals surface area (Å²) >= 11 is 0. The number of hydrogen-bond acceptors (Lipinski definition) is 4. The summed E-state index contributed by atoms with van der Waals surface area (Å²) in [7, 11) is 1.56. The lowest BCUT2D eigenvalue weighted by Gasteiger charge is -2.06. The fourth-order valence-electron chi connectivity index (χ4n) is 2.00. The van der Waals surface area contributed by atoms with Gasteiger partial charge >= 0.3 is 0 Å². The second-order valence-electron chi connectivity index (χ2n) is 3.95. The molecular weight excluding hydrogens is 240 g/mol. The number of aromatic nitrogens is 3. The molecule has 1 aromatic carbocycles. The molecule has 3 aromatic rings. The Hall–Kier alpha value is -2.87. The maximum atomic E-state index is 9.16. The van der Waals surface area contributed by atoms with Gasteiger partial charge in [0, 0.05) is 6.20 Å². The second kappa shape index (κ2) is 4.42. The number of nitrogens with one attached hydrogen (secondary N) is 1. The molecule has 5 nitrogen and oxygen atoms in total. The topological polar surface area (TPSA) is 74.6 Å². The standard InChI is InChI=1S/C14H10N4O/c1-19-12-6-7-16-11(8-15)13(12)14-17-9-4-2-3-5-10(9)18-14/h2-7H,1H3,(H,17,18). The van der Waals surface area contributed by atoms with Gasteiger partial charge in [0.05, 0.1) is 23.7 Å². The van der Waals surface area contributed by atoms with Crippen molar-refractivity contribution in [1.82, 2.24) is 15.0 Å². The zero-order valence-corrected chi connectivity index (χ0v) is 10.2. The molecule has 1 N–H and O–H groups in total. The molecular formula is C14H10N4O. The number of nitriles is 1. The van der Waals surface area contributed by atoms with Crippen LogP contribution in [0.4, 0.5) is 0 Å². The summed E-state index contributed by atoms with van der Waals surface area (Å²) < 4.78 is 5.29. The second-order valence-corrected chi connectivity index (χ2v) is 3.95. The van der Waals surface area contributed by atoms with E-state index in [1.54, 1.807) is 19.4 Å². The van der Waals surface area contributed by atoms with Crippen molar-refractivity contribution in [3.05, 3.63) is 42.2 Å². The lowest BCUT2D eigenvalue weighted by atomic mass is 10.1. The largest absolute Gasteiger partial charge is 0.496 e. The minimum atomic E-state index is 0.290. The maximum Gasteiger partial charge on any atom is 0.155 e. The van der Waals surface area contributed by atoms with E-state index in [2.05, 4.69) is 21.0 Å². The number of nitrogens with zero attached hydrogens (tertiary/aromatic N) is 3. The third kappa shape index (κ3) is 1.79. The Balaban J connectivity index is 2.29. The molecule has 0 saturated heterocycles. The smallest absolute Gasteiger partial charge is 0.155 e. The van der Waals surface area contributed by atoms with Gasteiger partial charge in [-0.25, -0.2) is 9.97 Å². The molecule has 0 unspecified atom stereocenters. The van der Waals surface area contributed by atoms with Gasteiger partial charge in [0.1, 0.15) is 17.6 Å². The van der Waals surface area contributed by atoms with E-state index in [9.17, 15) is 0 Å². The van der Waals surface area contributed by atoms with E-state index in [4.69, 9.17) is 10.00 Å². The van der Waals surface area contributed by atoms with Gasteiger partial charge in [-0.1, -0.05) is 12.1 Å². The van der Waals surface area contributed by atoms with Crippen molar-refractivity contribution < 1.29 is 4.74 Å². The number of fused-ring (bicyclic) bond motifs is 1. The number of imidazole rings is 1. The lowest BCUT2D eigenvalue weighted by Crippen LogP contribution is -1.95. The summed E-state index contributed by atoms with van der Waals surface area (Å²) in [6.45, 7) is 0. The first-order chi connectivity index (χ1) is 9.33. The number of benzene rings is 1. The summed E-state index contributed by atoms with van der Waals surface area (Å²) in [4.78, 5) is 11.7. The molecule has 2 heterocycles. The van der Waals surface area contributed by atoms with Crippen LogP contribution in [0.15, 0.2) is 36.5 Å². The molecule has 5 heteroatoms. The van der Waals surface area contributed by atoms with E-state index < -0.39 is 0 Å². The van der Waals surface area contributed by atoms with Crippen LogP contribution >= 0.6 is 0 Å². The van der Waals surface area contributed by atoms with Gasteiger partial charge in [-0.05, 0) is 18.2 Å². The highest BCUT2D eigenvalue weighted by molar-refractivity contribution is 5.81. The average molecular weight is 250 g/mol. The van der Waals surface area contributed by atoms with Crippen LogP contribution in [0.3, 0.4) is 0 Å². The van der Waals surface area contributed by atoms with Crippen LogP contribution in [0.25, 0.3) is 22.4 Å². The molecule has 0 bridgehead atoms. The van der Waals surface area contributed by atoms with E-state index in [1.165, 1.54) is 0 Å². The third-order valence-electron chi connectivity index (χ3n) is 2.86. The normalized spacial score (nSPS) is 10.3. The Morgan fingerprint density at radius 3 is 2.84 bits per heavy atom. The molecule has 0 spiro atoms. The van der Waals surface area contributed by atoms with Crippen LogP contribution in [-0.2, 0) is 0 Å². The SMILES string of the molecule is COc1ccnc(C#N)c1-c1nc2ccccc2[nH]1. The van der Waals surface area contributed by atoms with Crippen molar-refractivity contribution >= 4 is 11.0 Å². The molecule has 2 aromatic heterocycles. The fraction of sp³-hybridized carbons (Fsp3) is 0.0714. The molecule has 0 aliphatic heterocycles. The van der Waals surface area contributed by atoms with Crippen molar-refractivity contribution in [2.75, 3.05) is 7.11 Å². The van der Waals surface area contributed by atoms with E-state index in [0.717, 1.165) is 11.0 Å². The van der Waals surface area contributed by atoms with E-state index >= 15 is 0 Å². The van der Waals surface area contributed by atoms with Crippen molar-refractivity contribution in [2.24, 2.45) is 0 Å². The highest BCUT2D eigenvalue weighted by Crippen LogP contribution is 2.31. The Kier molecular flexibility index (Phi) is 2.62. The monoisotopic (exact) mass is 250 g/mol. The number of para-hydroxylation sites is 2. The van der Waals surface area contributed by atoms with Gasteiger partial charge in [0.2, 0.25) is 0 Å². The molecule has 0 amide bonds. The summed E-state index contributed by atoms with van der Waals surface area (Å²) in [6, 6.07) is 11.5. The van der Waals surface area contributed by atoms with Crippen molar-refractivity contribution in [3.8, 4) is 23.2 Å². The van der Waals surface area contributed by atoms with Crippen LogP contribution in [0, 0.1) is 11.3 Å². The van der Waals surface area contributed by atoms with E-state index in [1.807, 2.05) is 24.3 Å².